The van der Waals surface area contributed by atoms with Crippen molar-refractivity contribution in [3.63, 3.8) is 0 Å². The maximum Gasteiger partial charge on any atom is 0.375 e. The summed E-state index contributed by atoms with van der Waals surface area (Å²) in [5.74, 6) is -5.17. The van der Waals surface area contributed by atoms with Gasteiger partial charge in [0.05, 0.1) is 5.69 Å². The number of amides is 1. The summed E-state index contributed by atoms with van der Waals surface area (Å²) in [4.78, 5) is 24.0. The fourth-order valence-electron chi connectivity index (χ4n) is 2.41. The van der Waals surface area contributed by atoms with Crippen molar-refractivity contribution in [1.29, 1.82) is 0 Å². The lowest BCUT2D eigenvalue weighted by Crippen LogP contribution is -2.32. The van der Waals surface area contributed by atoms with Gasteiger partial charge in [-0.05, 0) is 11.5 Å². The lowest BCUT2D eigenvalue weighted by atomic mass is 10.1. The molecule has 3 aromatic heterocycles. The number of alkyl halides is 2. The summed E-state index contributed by atoms with van der Waals surface area (Å²) in [6.07, 6.45) is 2.89. The molecule has 0 atom stereocenters. The number of halogens is 2. The largest absolute Gasteiger partial charge is 0.375 e. The van der Waals surface area contributed by atoms with E-state index in [0.717, 1.165) is 33.4 Å². The van der Waals surface area contributed by atoms with Gasteiger partial charge in [0.2, 0.25) is 0 Å². The van der Waals surface area contributed by atoms with E-state index in [1.165, 1.54) is 11.6 Å². The number of hydrogen-bond donors (Lipinski definition) is 1. The quantitative estimate of drug-likeness (QED) is 0.557. The number of hydrogen-bond acceptors (Lipinski definition) is 6. The van der Waals surface area contributed by atoms with Crippen molar-refractivity contribution >= 4 is 44.5 Å². The van der Waals surface area contributed by atoms with E-state index >= 15 is 0 Å². The minimum atomic E-state index is -3.71. The van der Waals surface area contributed by atoms with Crippen molar-refractivity contribution < 1.29 is 13.6 Å². The Morgan fingerprint density at radius 2 is 1.92 bits per heavy atom. The molecule has 0 fully saturated rings. The Morgan fingerprint density at radius 1 is 1.08 bits per heavy atom. The van der Waals surface area contributed by atoms with Crippen LogP contribution in [0.5, 0.6) is 0 Å². The van der Waals surface area contributed by atoms with Crippen LogP contribution in [0.4, 0.5) is 13.9 Å². The number of fused-ring (bicyclic) bond motifs is 1. The molecule has 0 saturated carbocycles. The molecule has 1 amide bonds. The molecule has 0 aliphatic carbocycles. The third-order valence-corrected chi connectivity index (χ3v) is 5.23. The lowest BCUT2D eigenvalue weighted by molar-refractivity contribution is -0.140. The van der Waals surface area contributed by atoms with E-state index in [2.05, 4.69) is 20.3 Å². The predicted octanol–water partition coefficient (Wildman–Crippen LogP) is 4.55. The molecule has 9 heteroatoms. The number of thiazole rings is 2. The minimum absolute atomic E-state index is 0.0796. The van der Waals surface area contributed by atoms with Crippen molar-refractivity contribution in [2.75, 3.05) is 5.32 Å². The van der Waals surface area contributed by atoms with Gasteiger partial charge < -0.3 is 0 Å². The zero-order valence-corrected chi connectivity index (χ0v) is 14.7. The van der Waals surface area contributed by atoms with E-state index in [9.17, 15) is 13.6 Å². The second-order valence-electron chi connectivity index (χ2n) is 5.28. The van der Waals surface area contributed by atoms with E-state index in [4.69, 9.17) is 0 Å². The topological polar surface area (TPSA) is 67.8 Å². The Morgan fingerprint density at radius 3 is 2.73 bits per heavy atom. The standard InChI is InChI=1S/C17H10F2N4OS2/c18-17(19,15-21-7-8-25-15)14(24)23-16-22-12(9-26-16)13-11-4-2-1-3-10(11)5-6-20-13/h1-9H,(H,22,23,24). The molecule has 3 heterocycles. The average Bonchev–Trinajstić information content (AvgIpc) is 3.33. The van der Waals surface area contributed by atoms with Crippen molar-refractivity contribution in [3.05, 3.63) is 58.5 Å². The first kappa shape index (κ1) is 16.7. The molecule has 0 unspecified atom stereocenters. The molecule has 0 bridgehead atoms. The summed E-state index contributed by atoms with van der Waals surface area (Å²) in [5, 5.41) is 6.64. The van der Waals surface area contributed by atoms with Gasteiger partial charge in [0.15, 0.2) is 10.1 Å². The summed E-state index contributed by atoms with van der Waals surface area (Å²) in [6.45, 7) is 0. The van der Waals surface area contributed by atoms with Gasteiger partial charge in [-0.25, -0.2) is 9.97 Å². The highest BCUT2D eigenvalue weighted by atomic mass is 32.1. The van der Waals surface area contributed by atoms with Gasteiger partial charge in [-0.2, -0.15) is 8.78 Å². The maximum absolute atomic E-state index is 14.1. The van der Waals surface area contributed by atoms with Gasteiger partial charge in [-0.1, -0.05) is 24.3 Å². The number of nitrogens with one attached hydrogen (secondary N) is 1. The van der Waals surface area contributed by atoms with E-state index < -0.39 is 16.8 Å². The van der Waals surface area contributed by atoms with Crippen LogP contribution in [0, 0.1) is 0 Å². The van der Waals surface area contributed by atoms with Crippen LogP contribution < -0.4 is 5.32 Å². The number of carbonyl (C=O) groups excluding carboxylic acids is 1. The normalized spacial score (nSPS) is 11.6. The summed E-state index contributed by atoms with van der Waals surface area (Å²) in [6, 6.07) is 9.54. The van der Waals surface area contributed by atoms with Crippen LogP contribution in [0.1, 0.15) is 5.01 Å². The molecular formula is C17H10F2N4OS2. The number of aromatic nitrogens is 3. The van der Waals surface area contributed by atoms with Crippen molar-refractivity contribution in [3.8, 4) is 11.4 Å². The monoisotopic (exact) mass is 388 g/mol. The SMILES string of the molecule is O=C(Nc1nc(-c2nccc3ccccc23)cs1)C(F)(F)c1nccs1. The molecule has 5 nitrogen and oxygen atoms in total. The van der Waals surface area contributed by atoms with Crippen LogP contribution in [0.3, 0.4) is 0 Å². The molecule has 0 aliphatic rings. The molecule has 1 aromatic carbocycles. The second kappa shape index (κ2) is 6.50. The van der Waals surface area contributed by atoms with Crippen molar-refractivity contribution in [2.45, 2.75) is 5.92 Å². The highest BCUT2D eigenvalue weighted by Crippen LogP contribution is 2.33. The second-order valence-corrected chi connectivity index (χ2v) is 7.04. The Bertz CT molecular complexity index is 1070. The summed E-state index contributed by atoms with van der Waals surface area (Å²) < 4.78 is 28.2. The third kappa shape index (κ3) is 2.95. The van der Waals surface area contributed by atoms with Crippen LogP contribution in [0.25, 0.3) is 22.2 Å². The lowest BCUT2D eigenvalue weighted by Gasteiger charge is -2.11. The van der Waals surface area contributed by atoms with Gasteiger partial charge in [0.1, 0.15) is 5.69 Å². The van der Waals surface area contributed by atoms with Gasteiger partial charge in [-0.15, -0.1) is 22.7 Å². The molecule has 0 spiro atoms. The number of carbonyl (C=O) groups is 1. The van der Waals surface area contributed by atoms with E-state index in [1.54, 1.807) is 11.6 Å². The molecule has 1 N–H and O–H groups in total. The molecule has 4 rings (SSSR count). The molecule has 0 radical (unpaired) electrons. The first-order valence-electron chi connectivity index (χ1n) is 7.44. The summed E-state index contributed by atoms with van der Waals surface area (Å²) in [5.41, 5.74) is 1.14. The average molecular weight is 388 g/mol. The Hall–Kier alpha value is -2.78. The van der Waals surface area contributed by atoms with Crippen LogP contribution in [-0.2, 0) is 10.7 Å². The van der Waals surface area contributed by atoms with Crippen LogP contribution in [-0.4, -0.2) is 20.9 Å². The molecule has 0 saturated heterocycles. The third-order valence-electron chi connectivity index (χ3n) is 3.63. The first-order valence-corrected chi connectivity index (χ1v) is 9.20. The maximum atomic E-state index is 14.1. The van der Waals surface area contributed by atoms with Crippen LogP contribution in [0.15, 0.2) is 53.5 Å². The molecule has 4 aromatic rings. The Kier molecular flexibility index (Phi) is 4.17. The van der Waals surface area contributed by atoms with Gasteiger partial charge in [0.25, 0.3) is 0 Å². The molecule has 26 heavy (non-hydrogen) atoms. The Balaban J connectivity index is 1.61. The summed E-state index contributed by atoms with van der Waals surface area (Å²) in [7, 11) is 0. The number of pyridine rings is 1. The summed E-state index contributed by atoms with van der Waals surface area (Å²) >= 11 is 1.78. The zero-order chi connectivity index (χ0) is 18.1. The minimum Gasteiger partial charge on any atom is -0.296 e. The van der Waals surface area contributed by atoms with E-state index in [1.807, 2.05) is 30.3 Å². The smallest absolute Gasteiger partial charge is 0.296 e. The molecular weight excluding hydrogens is 378 g/mol. The van der Waals surface area contributed by atoms with Gasteiger partial charge in [-0.3, -0.25) is 15.1 Å². The van der Waals surface area contributed by atoms with Gasteiger partial charge in [0, 0.05) is 28.5 Å². The van der Waals surface area contributed by atoms with E-state index in [-0.39, 0.29) is 5.13 Å². The Labute approximate surface area is 154 Å². The van der Waals surface area contributed by atoms with Crippen LogP contribution in [0.2, 0.25) is 0 Å². The molecule has 130 valence electrons. The van der Waals surface area contributed by atoms with Crippen molar-refractivity contribution in [2.24, 2.45) is 0 Å². The highest BCUT2D eigenvalue weighted by Gasteiger charge is 2.44. The number of rotatable bonds is 4. The number of nitrogens with zero attached hydrogens (tertiary/aromatic N) is 3. The van der Waals surface area contributed by atoms with Crippen LogP contribution >= 0.6 is 22.7 Å². The first-order chi connectivity index (χ1) is 12.6. The van der Waals surface area contributed by atoms with E-state index in [0.29, 0.717) is 11.4 Å². The fraction of sp³-hybridized carbons (Fsp3) is 0.0588. The molecule has 0 aliphatic heterocycles. The van der Waals surface area contributed by atoms with Gasteiger partial charge >= 0.3 is 11.8 Å². The number of benzene rings is 1. The number of anilines is 1. The fourth-order valence-corrected chi connectivity index (χ4v) is 3.72. The predicted molar refractivity (Wildman–Crippen MR) is 97.5 cm³/mol. The highest BCUT2D eigenvalue weighted by molar-refractivity contribution is 7.14. The zero-order valence-electron chi connectivity index (χ0n) is 13.0. The van der Waals surface area contributed by atoms with Crippen molar-refractivity contribution in [1.82, 2.24) is 15.0 Å².